The van der Waals surface area contributed by atoms with Crippen LogP contribution < -0.4 is 5.32 Å². The van der Waals surface area contributed by atoms with Crippen molar-refractivity contribution in [3.8, 4) is 0 Å². The quantitative estimate of drug-likeness (QED) is 0.709. The highest BCUT2D eigenvalue weighted by Crippen LogP contribution is 2.34. The summed E-state index contributed by atoms with van der Waals surface area (Å²) in [4.78, 5) is 2.43. The van der Waals surface area contributed by atoms with Gasteiger partial charge in [-0.1, -0.05) is 20.3 Å². The minimum Gasteiger partial charge on any atom is -0.390 e. The van der Waals surface area contributed by atoms with Gasteiger partial charge in [0.15, 0.2) is 0 Å². The van der Waals surface area contributed by atoms with Crippen LogP contribution in [-0.4, -0.2) is 48.3 Å². The van der Waals surface area contributed by atoms with E-state index in [9.17, 15) is 5.11 Å². The molecule has 3 heteroatoms. The van der Waals surface area contributed by atoms with Gasteiger partial charge >= 0.3 is 0 Å². The van der Waals surface area contributed by atoms with Gasteiger partial charge in [-0.25, -0.2) is 0 Å². The second-order valence-corrected chi connectivity index (χ2v) is 6.78. The Morgan fingerprint density at radius 2 is 1.89 bits per heavy atom. The minimum absolute atomic E-state index is 0.202. The fraction of sp³-hybridized carbons (Fsp3) is 1.00. The molecule has 0 aromatic rings. The van der Waals surface area contributed by atoms with Crippen LogP contribution in [0.2, 0.25) is 0 Å². The van der Waals surface area contributed by atoms with E-state index in [2.05, 4.69) is 24.1 Å². The largest absolute Gasteiger partial charge is 0.390 e. The number of aliphatic hydroxyl groups is 1. The molecule has 112 valence electrons. The van der Waals surface area contributed by atoms with Crippen molar-refractivity contribution in [3.63, 3.8) is 0 Å². The molecule has 2 N–H and O–H groups in total. The van der Waals surface area contributed by atoms with Crippen LogP contribution in [0.5, 0.6) is 0 Å². The van der Waals surface area contributed by atoms with Crippen molar-refractivity contribution in [1.29, 1.82) is 0 Å². The van der Waals surface area contributed by atoms with Gasteiger partial charge in [0.1, 0.15) is 0 Å². The molecule has 2 fully saturated rings. The second-order valence-electron chi connectivity index (χ2n) is 6.78. The summed E-state index contributed by atoms with van der Waals surface area (Å²) in [5.74, 6) is 1.76. The van der Waals surface area contributed by atoms with Gasteiger partial charge in [0, 0.05) is 19.1 Å². The van der Waals surface area contributed by atoms with Gasteiger partial charge in [-0.05, 0) is 57.0 Å². The van der Waals surface area contributed by atoms with E-state index < -0.39 is 0 Å². The number of likely N-dealkylation sites (tertiary alicyclic amines) is 1. The molecule has 1 aliphatic carbocycles. The van der Waals surface area contributed by atoms with Crippen molar-refractivity contribution in [2.45, 2.75) is 64.5 Å². The summed E-state index contributed by atoms with van der Waals surface area (Å²) in [7, 11) is 0. The third-order valence-corrected chi connectivity index (χ3v) is 4.75. The summed E-state index contributed by atoms with van der Waals surface area (Å²) in [5, 5.41) is 13.8. The molecule has 0 aromatic carbocycles. The van der Waals surface area contributed by atoms with Gasteiger partial charge in [0.25, 0.3) is 0 Å². The van der Waals surface area contributed by atoms with Crippen LogP contribution in [0.15, 0.2) is 0 Å². The van der Waals surface area contributed by atoms with Crippen LogP contribution in [-0.2, 0) is 0 Å². The zero-order valence-corrected chi connectivity index (χ0v) is 12.8. The van der Waals surface area contributed by atoms with Crippen LogP contribution in [0.1, 0.15) is 52.4 Å². The Labute approximate surface area is 118 Å². The molecule has 0 aromatic heterocycles. The normalized spacial score (nSPS) is 25.4. The molecule has 1 saturated heterocycles. The Hall–Kier alpha value is -0.120. The summed E-state index contributed by atoms with van der Waals surface area (Å²) in [6.07, 6.45) is 7.66. The number of nitrogens with zero attached hydrogens (tertiary/aromatic N) is 1. The molecular weight excluding hydrogens is 236 g/mol. The smallest absolute Gasteiger partial charge is 0.0791 e. The summed E-state index contributed by atoms with van der Waals surface area (Å²) < 4.78 is 0. The maximum atomic E-state index is 10.2. The molecule has 1 heterocycles. The van der Waals surface area contributed by atoms with E-state index >= 15 is 0 Å². The number of β-amino-alcohol motifs (C(OH)–C–C–N with tert-alkyl or cyclic N) is 1. The third-order valence-electron chi connectivity index (χ3n) is 4.75. The van der Waals surface area contributed by atoms with Crippen molar-refractivity contribution in [1.82, 2.24) is 10.2 Å². The third kappa shape index (κ3) is 5.41. The lowest BCUT2D eigenvalue weighted by molar-refractivity contribution is 0.0879. The van der Waals surface area contributed by atoms with Gasteiger partial charge in [-0.3, -0.25) is 0 Å². The number of piperidine rings is 1. The molecule has 2 unspecified atom stereocenters. The molecular formula is C16H32N2O. The van der Waals surface area contributed by atoms with Gasteiger partial charge in [-0.2, -0.15) is 0 Å². The minimum atomic E-state index is -0.202. The van der Waals surface area contributed by atoms with Crippen molar-refractivity contribution in [3.05, 3.63) is 0 Å². The zero-order valence-electron chi connectivity index (χ0n) is 12.8. The molecule has 3 nitrogen and oxygen atoms in total. The lowest BCUT2D eigenvalue weighted by Gasteiger charge is -2.32. The van der Waals surface area contributed by atoms with Gasteiger partial charge in [-0.15, -0.1) is 0 Å². The Morgan fingerprint density at radius 1 is 1.21 bits per heavy atom. The average molecular weight is 268 g/mol. The molecule has 2 rings (SSSR count). The lowest BCUT2D eigenvalue weighted by Crippen LogP contribution is -2.44. The van der Waals surface area contributed by atoms with Crippen molar-refractivity contribution in [2.75, 3.05) is 26.2 Å². The number of hydrogen-bond donors (Lipinski definition) is 2. The molecule has 0 bridgehead atoms. The molecule has 0 spiro atoms. The fourth-order valence-electron chi connectivity index (χ4n) is 3.21. The summed E-state index contributed by atoms with van der Waals surface area (Å²) >= 11 is 0. The van der Waals surface area contributed by atoms with E-state index in [4.69, 9.17) is 0 Å². The highest BCUT2D eigenvalue weighted by Gasteiger charge is 2.30. The molecule has 0 radical (unpaired) electrons. The molecule has 19 heavy (non-hydrogen) atoms. The van der Waals surface area contributed by atoms with Crippen LogP contribution in [0, 0.1) is 11.8 Å². The maximum absolute atomic E-state index is 10.2. The monoisotopic (exact) mass is 268 g/mol. The zero-order chi connectivity index (χ0) is 13.7. The highest BCUT2D eigenvalue weighted by atomic mass is 16.3. The number of aliphatic hydroxyl groups excluding tert-OH is 1. The Balaban J connectivity index is 1.61. The van der Waals surface area contributed by atoms with Crippen molar-refractivity contribution < 1.29 is 5.11 Å². The standard InChI is InChI=1S/C16H32N2O/c1-3-4-16(14-5-6-14)17-11-15(19)12-18-9-7-13(2)8-10-18/h13-17,19H,3-12H2,1-2H3. The highest BCUT2D eigenvalue weighted by molar-refractivity contribution is 4.87. The summed E-state index contributed by atoms with van der Waals surface area (Å²) in [5.41, 5.74) is 0. The number of hydrogen-bond acceptors (Lipinski definition) is 3. The van der Waals surface area contributed by atoms with Crippen LogP contribution >= 0.6 is 0 Å². The van der Waals surface area contributed by atoms with E-state index in [1.54, 1.807) is 0 Å². The van der Waals surface area contributed by atoms with Crippen LogP contribution in [0.25, 0.3) is 0 Å². The number of rotatable bonds is 8. The molecule has 1 aliphatic heterocycles. The predicted molar refractivity (Wildman–Crippen MR) is 80.3 cm³/mol. The maximum Gasteiger partial charge on any atom is 0.0791 e. The van der Waals surface area contributed by atoms with E-state index in [0.29, 0.717) is 6.04 Å². The average Bonchev–Trinajstić information content (AvgIpc) is 3.21. The topological polar surface area (TPSA) is 35.5 Å². The van der Waals surface area contributed by atoms with Crippen molar-refractivity contribution in [2.24, 2.45) is 11.8 Å². The Kier molecular flexibility index (Phi) is 6.11. The predicted octanol–water partition coefficient (Wildman–Crippen LogP) is 2.25. The first kappa shape index (κ1) is 15.3. The first-order chi connectivity index (χ1) is 9.19. The summed E-state index contributed by atoms with van der Waals surface area (Å²) in [6, 6.07) is 0.654. The van der Waals surface area contributed by atoms with E-state index in [1.807, 2.05) is 0 Å². The Morgan fingerprint density at radius 3 is 2.47 bits per heavy atom. The Bertz CT molecular complexity index is 247. The lowest BCUT2D eigenvalue weighted by atomic mass is 9.99. The van der Waals surface area contributed by atoms with E-state index in [0.717, 1.165) is 24.9 Å². The molecule has 2 aliphatic rings. The first-order valence-corrected chi connectivity index (χ1v) is 8.32. The van der Waals surface area contributed by atoms with E-state index in [1.165, 1.54) is 51.6 Å². The number of nitrogens with one attached hydrogen (secondary N) is 1. The molecule has 0 amide bonds. The van der Waals surface area contributed by atoms with Gasteiger partial charge in [0.05, 0.1) is 6.10 Å². The van der Waals surface area contributed by atoms with Gasteiger partial charge < -0.3 is 15.3 Å². The summed E-state index contributed by atoms with van der Waals surface area (Å²) in [6.45, 7) is 8.54. The SMILES string of the molecule is CCCC(NCC(O)CN1CCC(C)CC1)C1CC1. The van der Waals surface area contributed by atoms with Crippen LogP contribution in [0.3, 0.4) is 0 Å². The van der Waals surface area contributed by atoms with E-state index in [-0.39, 0.29) is 6.10 Å². The fourth-order valence-corrected chi connectivity index (χ4v) is 3.21. The first-order valence-electron chi connectivity index (χ1n) is 8.32. The second kappa shape index (κ2) is 7.61. The van der Waals surface area contributed by atoms with Crippen molar-refractivity contribution >= 4 is 0 Å². The molecule has 2 atom stereocenters. The van der Waals surface area contributed by atoms with Crippen LogP contribution in [0.4, 0.5) is 0 Å². The van der Waals surface area contributed by atoms with Gasteiger partial charge in [0.2, 0.25) is 0 Å². The molecule has 1 saturated carbocycles.